The van der Waals surface area contributed by atoms with Gasteiger partial charge in [0.05, 0.1) is 12.3 Å². The SMILES string of the molecule is O=C(CSCC1CNC1)N1CCOC1=O. The van der Waals surface area contributed by atoms with Crippen LogP contribution in [-0.4, -0.2) is 54.6 Å². The molecule has 0 radical (unpaired) electrons. The molecular weight excluding hydrogens is 216 g/mol. The molecule has 2 fully saturated rings. The molecule has 0 aromatic rings. The predicted octanol–water partition coefficient (Wildman–Crippen LogP) is -0.0822. The lowest BCUT2D eigenvalue weighted by atomic mass is 10.1. The standard InChI is InChI=1S/C9H14N2O3S/c12-8(11-1-2-14-9(11)13)6-15-5-7-3-10-4-7/h7,10H,1-6H2. The lowest BCUT2D eigenvalue weighted by Crippen LogP contribution is -2.43. The Morgan fingerprint density at radius 2 is 2.40 bits per heavy atom. The van der Waals surface area contributed by atoms with E-state index in [-0.39, 0.29) is 5.91 Å². The van der Waals surface area contributed by atoms with Gasteiger partial charge in [0.1, 0.15) is 6.61 Å². The van der Waals surface area contributed by atoms with Gasteiger partial charge < -0.3 is 10.1 Å². The number of nitrogens with one attached hydrogen (secondary N) is 1. The Hall–Kier alpha value is -0.750. The zero-order valence-electron chi connectivity index (χ0n) is 8.40. The largest absolute Gasteiger partial charge is 0.447 e. The van der Waals surface area contributed by atoms with Crippen LogP contribution in [0.4, 0.5) is 4.79 Å². The van der Waals surface area contributed by atoms with Gasteiger partial charge in [-0.2, -0.15) is 11.8 Å². The van der Waals surface area contributed by atoms with E-state index in [0.29, 0.717) is 24.8 Å². The monoisotopic (exact) mass is 230 g/mol. The molecule has 0 atom stereocenters. The van der Waals surface area contributed by atoms with Crippen molar-refractivity contribution in [1.82, 2.24) is 10.2 Å². The van der Waals surface area contributed by atoms with E-state index < -0.39 is 6.09 Å². The number of ether oxygens (including phenoxy) is 1. The number of hydrogen-bond donors (Lipinski definition) is 1. The first-order valence-corrected chi connectivity index (χ1v) is 6.18. The number of carbonyl (C=O) groups excluding carboxylic acids is 2. The Labute approximate surface area is 92.5 Å². The van der Waals surface area contributed by atoms with Crippen LogP contribution in [0.1, 0.15) is 0 Å². The number of amides is 2. The van der Waals surface area contributed by atoms with Crippen molar-refractivity contribution in [2.75, 3.05) is 37.7 Å². The number of hydrogen-bond acceptors (Lipinski definition) is 5. The molecule has 0 saturated carbocycles. The molecule has 2 aliphatic rings. The molecule has 2 rings (SSSR count). The van der Waals surface area contributed by atoms with Crippen molar-refractivity contribution in [1.29, 1.82) is 0 Å². The van der Waals surface area contributed by atoms with Gasteiger partial charge in [-0.15, -0.1) is 0 Å². The second-order valence-corrected chi connectivity index (χ2v) is 4.73. The maximum absolute atomic E-state index is 11.5. The number of rotatable bonds is 4. The molecule has 1 N–H and O–H groups in total. The third-order valence-corrected chi connectivity index (χ3v) is 3.67. The number of carbonyl (C=O) groups is 2. The third-order valence-electron chi connectivity index (χ3n) is 2.51. The summed E-state index contributed by atoms with van der Waals surface area (Å²) in [6.45, 7) is 2.84. The van der Waals surface area contributed by atoms with E-state index in [9.17, 15) is 9.59 Å². The van der Waals surface area contributed by atoms with Gasteiger partial charge in [0.2, 0.25) is 5.91 Å². The van der Waals surface area contributed by atoms with Crippen LogP contribution in [0.25, 0.3) is 0 Å². The van der Waals surface area contributed by atoms with E-state index in [1.807, 2.05) is 0 Å². The van der Waals surface area contributed by atoms with Crippen LogP contribution in [0, 0.1) is 5.92 Å². The average molecular weight is 230 g/mol. The molecule has 0 aromatic heterocycles. The zero-order chi connectivity index (χ0) is 10.7. The molecule has 0 bridgehead atoms. The summed E-state index contributed by atoms with van der Waals surface area (Å²) in [6.07, 6.45) is -0.495. The Balaban J connectivity index is 1.65. The third kappa shape index (κ3) is 2.63. The maximum atomic E-state index is 11.5. The van der Waals surface area contributed by atoms with E-state index in [1.165, 1.54) is 4.90 Å². The maximum Gasteiger partial charge on any atom is 0.416 e. The normalized spacial score (nSPS) is 21.3. The first-order chi connectivity index (χ1) is 7.27. The molecule has 84 valence electrons. The second kappa shape index (κ2) is 4.85. The van der Waals surface area contributed by atoms with Crippen molar-refractivity contribution in [3.63, 3.8) is 0 Å². The van der Waals surface area contributed by atoms with E-state index in [4.69, 9.17) is 4.74 Å². The van der Waals surface area contributed by atoms with E-state index >= 15 is 0 Å². The van der Waals surface area contributed by atoms with Crippen LogP contribution >= 0.6 is 11.8 Å². The van der Waals surface area contributed by atoms with E-state index in [0.717, 1.165) is 18.8 Å². The molecule has 5 nitrogen and oxygen atoms in total. The molecule has 15 heavy (non-hydrogen) atoms. The fraction of sp³-hybridized carbons (Fsp3) is 0.778. The first kappa shape index (κ1) is 10.8. The highest BCUT2D eigenvalue weighted by atomic mass is 32.2. The smallest absolute Gasteiger partial charge is 0.416 e. The Morgan fingerprint density at radius 1 is 1.60 bits per heavy atom. The minimum Gasteiger partial charge on any atom is -0.447 e. The molecule has 6 heteroatoms. The van der Waals surface area contributed by atoms with Crippen LogP contribution in [0.5, 0.6) is 0 Å². The molecule has 0 spiro atoms. The summed E-state index contributed by atoms with van der Waals surface area (Å²) >= 11 is 1.60. The first-order valence-electron chi connectivity index (χ1n) is 5.03. The highest BCUT2D eigenvalue weighted by molar-refractivity contribution is 7.99. The van der Waals surface area contributed by atoms with Crippen molar-refractivity contribution in [3.8, 4) is 0 Å². The Kier molecular flexibility index (Phi) is 3.48. The molecular formula is C9H14N2O3S. The van der Waals surface area contributed by atoms with Gasteiger partial charge in [-0.3, -0.25) is 4.79 Å². The van der Waals surface area contributed by atoms with Crippen molar-refractivity contribution < 1.29 is 14.3 Å². The molecule has 2 heterocycles. The molecule has 0 unspecified atom stereocenters. The summed E-state index contributed by atoms with van der Waals surface area (Å²) < 4.78 is 4.69. The number of thioether (sulfide) groups is 1. The highest BCUT2D eigenvalue weighted by Crippen LogP contribution is 2.14. The number of imide groups is 1. The van der Waals surface area contributed by atoms with Crippen molar-refractivity contribution in [2.45, 2.75) is 0 Å². The van der Waals surface area contributed by atoms with Crippen LogP contribution < -0.4 is 5.32 Å². The summed E-state index contributed by atoms with van der Waals surface area (Å²) in [4.78, 5) is 23.8. The van der Waals surface area contributed by atoms with Crippen LogP contribution in [0.15, 0.2) is 0 Å². The highest BCUT2D eigenvalue weighted by Gasteiger charge is 2.28. The fourth-order valence-corrected chi connectivity index (χ4v) is 2.49. The Morgan fingerprint density at radius 3 is 2.93 bits per heavy atom. The summed E-state index contributed by atoms with van der Waals surface area (Å²) in [5, 5.41) is 3.18. The van der Waals surface area contributed by atoms with Gasteiger partial charge in [0.15, 0.2) is 0 Å². The van der Waals surface area contributed by atoms with Gasteiger partial charge in [0, 0.05) is 0 Å². The van der Waals surface area contributed by atoms with E-state index in [1.54, 1.807) is 11.8 Å². The van der Waals surface area contributed by atoms with Crippen LogP contribution in [-0.2, 0) is 9.53 Å². The summed E-state index contributed by atoms with van der Waals surface area (Å²) in [5.41, 5.74) is 0. The molecule has 0 aromatic carbocycles. The van der Waals surface area contributed by atoms with Crippen molar-refractivity contribution in [2.24, 2.45) is 5.92 Å². The predicted molar refractivity (Wildman–Crippen MR) is 56.7 cm³/mol. The second-order valence-electron chi connectivity index (χ2n) is 3.70. The number of cyclic esters (lactones) is 1. The Bertz CT molecular complexity index is 268. The lowest BCUT2D eigenvalue weighted by molar-refractivity contribution is -0.124. The average Bonchev–Trinajstić information content (AvgIpc) is 2.55. The summed E-state index contributed by atoms with van der Waals surface area (Å²) in [6, 6.07) is 0. The van der Waals surface area contributed by atoms with Gasteiger partial charge in [0.25, 0.3) is 0 Å². The quantitative estimate of drug-likeness (QED) is 0.732. The molecule has 2 saturated heterocycles. The van der Waals surface area contributed by atoms with Gasteiger partial charge in [-0.05, 0) is 24.8 Å². The van der Waals surface area contributed by atoms with Gasteiger partial charge >= 0.3 is 6.09 Å². The minimum absolute atomic E-state index is 0.130. The van der Waals surface area contributed by atoms with Crippen LogP contribution in [0.2, 0.25) is 0 Å². The minimum atomic E-state index is -0.495. The van der Waals surface area contributed by atoms with E-state index in [2.05, 4.69) is 5.32 Å². The van der Waals surface area contributed by atoms with Crippen molar-refractivity contribution in [3.05, 3.63) is 0 Å². The van der Waals surface area contributed by atoms with Gasteiger partial charge in [-0.25, -0.2) is 9.69 Å². The molecule has 2 amide bonds. The van der Waals surface area contributed by atoms with Crippen LogP contribution in [0.3, 0.4) is 0 Å². The topological polar surface area (TPSA) is 58.6 Å². The van der Waals surface area contributed by atoms with Gasteiger partial charge in [-0.1, -0.05) is 0 Å². The zero-order valence-corrected chi connectivity index (χ0v) is 9.22. The molecule has 2 aliphatic heterocycles. The summed E-state index contributed by atoms with van der Waals surface area (Å²) in [5.74, 6) is 1.93. The lowest BCUT2D eigenvalue weighted by Gasteiger charge is -2.26. The number of nitrogens with zero attached hydrogens (tertiary/aromatic N) is 1. The van der Waals surface area contributed by atoms with Crippen molar-refractivity contribution >= 4 is 23.8 Å². The fourth-order valence-electron chi connectivity index (χ4n) is 1.48. The molecule has 0 aliphatic carbocycles. The summed E-state index contributed by atoms with van der Waals surface area (Å²) in [7, 11) is 0.